The number of benzene rings is 2. The van der Waals surface area contributed by atoms with Gasteiger partial charge in [-0.3, -0.25) is 4.79 Å². The van der Waals surface area contributed by atoms with Crippen LogP contribution in [0.3, 0.4) is 0 Å². The van der Waals surface area contributed by atoms with E-state index in [1.165, 1.54) is 35.5 Å². The number of carbonyl (C=O) groups is 1. The molecule has 1 atom stereocenters. The van der Waals surface area contributed by atoms with Crippen molar-refractivity contribution in [2.45, 2.75) is 20.0 Å². The summed E-state index contributed by atoms with van der Waals surface area (Å²) in [6.07, 6.45) is 2.99. The lowest BCUT2D eigenvalue weighted by Crippen LogP contribution is -2.24. The molecule has 2 rings (SSSR count). The van der Waals surface area contributed by atoms with Gasteiger partial charge in [0.1, 0.15) is 0 Å². The fourth-order valence-electron chi connectivity index (χ4n) is 2.99. The molecule has 0 aliphatic rings. The Balaban J connectivity index is 2.41. The predicted octanol–water partition coefficient (Wildman–Crippen LogP) is 4.41. The van der Waals surface area contributed by atoms with Crippen LogP contribution in [-0.4, -0.2) is 47.4 Å². The van der Waals surface area contributed by atoms with E-state index in [-0.39, 0.29) is 5.78 Å². The number of rotatable bonds is 10. The van der Waals surface area contributed by atoms with Gasteiger partial charge in [-0.05, 0) is 43.7 Å². The monoisotopic (exact) mass is 416 g/mol. The molecule has 0 fully saturated rings. The van der Waals surface area contributed by atoms with E-state index in [0.29, 0.717) is 40.1 Å². The number of methoxy groups -OCH3 is 5. The highest BCUT2D eigenvalue weighted by Crippen LogP contribution is 2.41. The Hall–Kier alpha value is -3.35. The number of ether oxygens (including phenoxy) is 6. The molecule has 0 aliphatic heterocycles. The van der Waals surface area contributed by atoms with Crippen molar-refractivity contribution in [3.8, 4) is 34.5 Å². The van der Waals surface area contributed by atoms with E-state index in [2.05, 4.69) is 0 Å². The number of hydrogen-bond donors (Lipinski definition) is 0. The van der Waals surface area contributed by atoms with Gasteiger partial charge in [0.25, 0.3) is 0 Å². The van der Waals surface area contributed by atoms with Gasteiger partial charge in [-0.25, -0.2) is 0 Å². The molecule has 7 heteroatoms. The van der Waals surface area contributed by atoms with Gasteiger partial charge < -0.3 is 28.4 Å². The second-order valence-electron chi connectivity index (χ2n) is 6.29. The van der Waals surface area contributed by atoms with Gasteiger partial charge >= 0.3 is 0 Å². The Morgan fingerprint density at radius 2 is 1.23 bits per heavy atom. The summed E-state index contributed by atoms with van der Waals surface area (Å²) in [7, 11) is 7.56. The van der Waals surface area contributed by atoms with Crippen LogP contribution in [0, 0.1) is 0 Å². The zero-order valence-electron chi connectivity index (χ0n) is 18.4. The fourth-order valence-corrected chi connectivity index (χ4v) is 2.99. The molecule has 30 heavy (non-hydrogen) atoms. The number of carbonyl (C=O) groups excluding carboxylic acids is 1. The van der Waals surface area contributed by atoms with Crippen LogP contribution in [0.4, 0.5) is 0 Å². The van der Waals surface area contributed by atoms with Crippen molar-refractivity contribution in [2.24, 2.45) is 0 Å². The van der Waals surface area contributed by atoms with Gasteiger partial charge in [-0.15, -0.1) is 0 Å². The molecule has 0 aliphatic carbocycles. The molecule has 0 amide bonds. The van der Waals surface area contributed by atoms with Crippen LogP contribution < -0.4 is 28.4 Å². The molecule has 0 bridgehead atoms. The highest BCUT2D eigenvalue weighted by atomic mass is 16.5. The molecular weight excluding hydrogens is 388 g/mol. The molecule has 0 unspecified atom stereocenters. The topological polar surface area (TPSA) is 72.5 Å². The molecule has 2 aromatic rings. The summed E-state index contributed by atoms with van der Waals surface area (Å²) in [4.78, 5) is 13.1. The average molecular weight is 416 g/mol. The Bertz CT molecular complexity index is 868. The van der Waals surface area contributed by atoms with Crippen molar-refractivity contribution >= 4 is 11.9 Å². The minimum absolute atomic E-state index is 0.268. The van der Waals surface area contributed by atoms with Gasteiger partial charge in [-0.2, -0.15) is 0 Å². The van der Waals surface area contributed by atoms with Crippen molar-refractivity contribution in [1.29, 1.82) is 0 Å². The maximum atomic E-state index is 13.1. The number of hydrogen-bond acceptors (Lipinski definition) is 7. The molecule has 0 heterocycles. The molecule has 0 radical (unpaired) electrons. The van der Waals surface area contributed by atoms with Gasteiger partial charge in [-0.1, -0.05) is 12.2 Å². The minimum atomic E-state index is -0.830. The molecule has 162 valence electrons. The lowest BCUT2D eigenvalue weighted by Gasteiger charge is -2.20. The van der Waals surface area contributed by atoms with Gasteiger partial charge in [0, 0.05) is 5.56 Å². The number of allylic oxidation sites excluding steroid dienone is 1. The highest BCUT2D eigenvalue weighted by Gasteiger charge is 2.24. The first kappa shape index (κ1) is 22.9. The van der Waals surface area contributed by atoms with Gasteiger partial charge in [0.05, 0.1) is 35.5 Å². The first-order valence-electron chi connectivity index (χ1n) is 9.33. The van der Waals surface area contributed by atoms with Crippen molar-refractivity contribution in [1.82, 2.24) is 0 Å². The standard InChI is InChI=1S/C23H28O7/c1-8-9-15-10-17(25-3)23(18(11-15)26-4)30-14(2)21(24)16-12-19(27-5)22(29-7)20(13-16)28-6/h8-14H,1-7H3/b9-8+/t14-/m1/s1. The van der Waals surface area contributed by atoms with E-state index >= 15 is 0 Å². The Labute approximate surface area is 177 Å². The molecule has 2 aromatic carbocycles. The highest BCUT2D eigenvalue weighted by molar-refractivity contribution is 6.00. The van der Waals surface area contributed by atoms with Crippen molar-refractivity contribution in [2.75, 3.05) is 35.5 Å². The Morgan fingerprint density at radius 1 is 0.767 bits per heavy atom. The summed E-state index contributed by atoms with van der Waals surface area (Å²) in [6, 6.07) is 6.81. The van der Waals surface area contributed by atoms with Crippen LogP contribution in [0.25, 0.3) is 6.08 Å². The summed E-state index contributed by atoms with van der Waals surface area (Å²) in [5.74, 6) is 2.20. The molecule has 0 spiro atoms. The molecule has 0 saturated carbocycles. The normalized spacial score (nSPS) is 11.7. The van der Waals surface area contributed by atoms with Crippen molar-refractivity contribution in [3.05, 3.63) is 41.5 Å². The van der Waals surface area contributed by atoms with E-state index in [1.807, 2.05) is 31.2 Å². The van der Waals surface area contributed by atoms with E-state index < -0.39 is 6.10 Å². The quantitative estimate of drug-likeness (QED) is 0.531. The van der Waals surface area contributed by atoms with Crippen LogP contribution in [0.2, 0.25) is 0 Å². The van der Waals surface area contributed by atoms with Crippen LogP contribution in [-0.2, 0) is 0 Å². The predicted molar refractivity (Wildman–Crippen MR) is 115 cm³/mol. The lowest BCUT2D eigenvalue weighted by atomic mass is 10.1. The van der Waals surface area contributed by atoms with E-state index in [4.69, 9.17) is 28.4 Å². The first-order valence-corrected chi connectivity index (χ1v) is 9.33. The van der Waals surface area contributed by atoms with Crippen LogP contribution in [0.15, 0.2) is 30.3 Å². The van der Waals surface area contributed by atoms with Crippen LogP contribution in [0.5, 0.6) is 34.5 Å². The third-order valence-corrected chi connectivity index (χ3v) is 4.46. The van der Waals surface area contributed by atoms with E-state index in [1.54, 1.807) is 19.1 Å². The summed E-state index contributed by atoms with van der Waals surface area (Å²) >= 11 is 0. The molecule has 0 N–H and O–H groups in total. The maximum absolute atomic E-state index is 13.1. The lowest BCUT2D eigenvalue weighted by molar-refractivity contribution is 0.0808. The number of Topliss-reactive ketones (excluding diaryl/α,β-unsaturated/α-hetero) is 1. The van der Waals surface area contributed by atoms with Crippen molar-refractivity contribution in [3.63, 3.8) is 0 Å². The van der Waals surface area contributed by atoms with E-state index in [0.717, 1.165) is 5.56 Å². The Morgan fingerprint density at radius 3 is 1.63 bits per heavy atom. The third-order valence-electron chi connectivity index (χ3n) is 4.46. The van der Waals surface area contributed by atoms with Gasteiger partial charge in [0.15, 0.2) is 29.1 Å². The summed E-state index contributed by atoms with van der Waals surface area (Å²) < 4.78 is 32.9. The fraction of sp³-hybridized carbons (Fsp3) is 0.348. The zero-order valence-corrected chi connectivity index (χ0v) is 18.4. The summed E-state index contributed by atoms with van der Waals surface area (Å²) in [5.41, 5.74) is 1.25. The molecule has 0 aromatic heterocycles. The second-order valence-corrected chi connectivity index (χ2v) is 6.29. The van der Waals surface area contributed by atoms with Gasteiger partial charge in [0.2, 0.25) is 17.3 Å². The summed E-state index contributed by atoms with van der Waals surface area (Å²) in [6.45, 7) is 3.58. The molecule has 0 saturated heterocycles. The van der Waals surface area contributed by atoms with Crippen molar-refractivity contribution < 1.29 is 33.2 Å². The SMILES string of the molecule is C/C=C/c1cc(OC)c(O[C@H](C)C(=O)c2cc(OC)c(OC)c(OC)c2)c(OC)c1. The van der Waals surface area contributed by atoms with E-state index in [9.17, 15) is 4.79 Å². The zero-order chi connectivity index (χ0) is 22.3. The average Bonchev–Trinajstić information content (AvgIpc) is 2.77. The maximum Gasteiger partial charge on any atom is 0.204 e. The van der Waals surface area contributed by atoms with Crippen LogP contribution >= 0.6 is 0 Å². The minimum Gasteiger partial charge on any atom is -0.493 e. The second kappa shape index (κ2) is 10.4. The Kier molecular flexibility index (Phi) is 7.98. The first-order chi connectivity index (χ1) is 14.4. The van der Waals surface area contributed by atoms with Crippen LogP contribution in [0.1, 0.15) is 29.8 Å². The molecular formula is C23H28O7. The third kappa shape index (κ3) is 4.79. The summed E-state index contributed by atoms with van der Waals surface area (Å²) in [5, 5.41) is 0. The molecule has 7 nitrogen and oxygen atoms in total. The largest absolute Gasteiger partial charge is 0.493 e. The smallest absolute Gasteiger partial charge is 0.204 e. The number of ketones is 1.